The van der Waals surface area contributed by atoms with Crippen molar-refractivity contribution in [3.05, 3.63) is 45.4 Å². The minimum Gasteiger partial charge on any atom is -0.497 e. The first-order chi connectivity index (χ1) is 9.90. The fourth-order valence-corrected chi connectivity index (χ4v) is 2.59. The molecule has 0 saturated carbocycles. The molecule has 0 aliphatic rings. The van der Waals surface area contributed by atoms with E-state index in [0.717, 1.165) is 4.47 Å². The molecule has 2 aromatic carbocycles. The maximum absolute atomic E-state index is 11.5. The molecular weight excluding hydrogens is 358 g/mol. The molecule has 21 heavy (non-hydrogen) atoms. The number of halogens is 2. The van der Waals surface area contributed by atoms with Gasteiger partial charge in [-0.15, -0.1) is 0 Å². The number of nitrogen functional groups attached to an aromatic ring is 1. The van der Waals surface area contributed by atoms with E-state index in [1.165, 1.54) is 6.07 Å². The number of anilines is 3. The summed E-state index contributed by atoms with van der Waals surface area (Å²) in [6.07, 6.45) is 0. The third-order valence-corrected chi connectivity index (χ3v) is 3.51. The van der Waals surface area contributed by atoms with Crippen LogP contribution in [0.3, 0.4) is 0 Å². The number of nitrogens with two attached hydrogens (primary N) is 2. The Kier molecular flexibility index (Phi) is 4.59. The Morgan fingerprint density at radius 2 is 2.00 bits per heavy atom. The lowest BCUT2D eigenvalue weighted by Gasteiger charge is -2.14. The van der Waals surface area contributed by atoms with Gasteiger partial charge in [0.1, 0.15) is 5.75 Å². The summed E-state index contributed by atoms with van der Waals surface area (Å²) in [5.74, 6) is 0.0349. The zero-order valence-electron chi connectivity index (χ0n) is 11.1. The highest BCUT2D eigenvalue weighted by molar-refractivity contribution is 9.10. The van der Waals surface area contributed by atoms with Gasteiger partial charge >= 0.3 is 0 Å². The first kappa shape index (κ1) is 15.5. The van der Waals surface area contributed by atoms with Gasteiger partial charge in [-0.2, -0.15) is 0 Å². The Balaban J connectivity index is 2.48. The third kappa shape index (κ3) is 3.59. The van der Waals surface area contributed by atoms with Crippen molar-refractivity contribution < 1.29 is 9.53 Å². The number of carbonyl (C=O) groups excluding carboxylic acids is 1. The molecule has 7 heteroatoms. The fraction of sp³-hybridized carbons (Fsp3) is 0.0714. The monoisotopic (exact) mass is 369 g/mol. The molecule has 0 unspecified atom stereocenters. The molecule has 0 saturated heterocycles. The zero-order valence-corrected chi connectivity index (χ0v) is 13.5. The molecule has 0 aliphatic heterocycles. The molecule has 0 aromatic heterocycles. The molecule has 110 valence electrons. The van der Waals surface area contributed by atoms with Crippen LogP contribution >= 0.6 is 27.5 Å². The van der Waals surface area contributed by atoms with Gasteiger partial charge in [0.15, 0.2) is 0 Å². The van der Waals surface area contributed by atoms with Crippen molar-refractivity contribution in [3.63, 3.8) is 0 Å². The molecule has 0 atom stereocenters. The molecule has 5 nitrogen and oxygen atoms in total. The van der Waals surface area contributed by atoms with Crippen molar-refractivity contribution in [1.82, 2.24) is 0 Å². The van der Waals surface area contributed by atoms with Gasteiger partial charge in [-0.3, -0.25) is 4.79 Å². The average molecular weight is 371 g/mol. The van der Waals surface area contributed by atoms with Crippen LogP contribution in [0.15, 0.2) is 34.8 Å². The standard InChI is InChI=1S/C14H13BrClN3O2/c1-21-10-3-7(15)2-9(6-10)19-13-11(14(18)20)4-8(17)5-12(13)16/h2-6,19H,17H2,1H3,(H2,18,20). The number of carbonyl (C=O) groups is 1. The maximum atomic E-state index is 11.5. The van der Waals surface area contributed by atoms with E-state index in [1.54, 1.807) is 19.2 Å². The summed E-state index contributed by atoms with van der Waals surface area (Å²) >= 11 is 9.53. The Morgan fingerprint density at radius 1 is 1.29 bits per heavy atom. The molecule has 2 aromatic rings. The maximum Gasteiger partial charge on any atom is 0.250 e. The fourth-order valence-electron chi connectivity index (χ4n) is 1.85. The SMILES string of the molecule is COc1cc(Br)cc(Nc2c(Cl)cc(N)cc2C(N)=O)c1. The summed E-state index contributed by atoms with van der Waals surface area (Å²) in [5, 5.41) is 3.37. The lowest BCUT2D eigenvalue weighted by atomic mass is 10.1. The quantitative estimate of drug-likeness (QED) is 0.718. The summed E-state index contributed by atoms with van der Waals surface area (Å²) < 4.78 is 6.00. The largest absolute Gasteiger partial charge is 0.497 e. The summed E-state index contributed by atoms with van der Waals surface area (Å²) in [4.78, 5) is 11.5. The molecule has 0 spiro atoms. The van der Waals surface area contributed by atoms with Crippen LogP contribution in [-0.2, 0) is 0 Å². The van der Waals surface area contributed by atoms with E-state index in [0.29, 0.717) is 27.8 Å². The summed E-state index contributed by atoms with van der Waals surface area (Å²) in [7, 11) is 1.57. The van der Waals surface area contributed by atoms with E-state index >= 15 is 0 Å². The molecule has 0 heterocycles. The van der Waals surface area contributed by atoms with E-state index < -0.39 is 5.91 Å². The van der Waals surface area contributed by atoms with Crippen LogP contribution in [0.1, 0.15) is 10.4 Å². The normalized spacial score (nSPS) is 10.2. The van der Waals surface area contributed by atoms with Gasteiger partial charge < -0.3 is 21.5 Å². The Morgan fingerprint density at radius 3 is 2.62 bits per heavy atom. The summed E-state index contributed by atoms with van der Waals surface area (Å²) in [5.41, 5.74) is 12.7. The third-order valence-electron chi connectivity index (χ3n) is 2.75. The molecule has 0 aliphatic carbocycles. The van der Waals surface area contributed by atoms with Gasteiger partial charge in [-0.05, 0) is 24.3 Å². The highest BCUT2D eigenvalue weighted by Crippen LogP contribution is 2.33. The van der Waals surface area contributed by atoms with Crippen LogP contribution in [0.4, 0.5) is 17.1 Å². The predicted octanol–water partition coefficient (Wildman–Crippen LogP) is 3.54. The number of hydrogen-bond acceptors (Lipinski definition) is 4. The summed E-state index contributed by atoms with van der Waals surface area (Å²) in [6.45, 7) is 0. The van der Waals surface area contributed by atoms with Gasteiger partial charge in [0.2, 0.25) is 0 Å². The molecule has 0 bridgehead atoms. The first-order valence-electron chi connectivity index (χ1n) is 5.91. The summed E-state index contributed by atoms with van der Waals surface area (Å²) in [6, 6.07) is 8.42. The van der Waals surface area contributed by atoms with Gasteiger partial charge in [0.25, 0.3) is 5.91 Å². The number of rotatable bonds is 4. The molecule has 1 amide bonds. The second kappa shape index (κ2) is 6.24. The van der Waals surface area contributed by atoms with Crippen molar-refractivity contribution in [3.8, 4) is 5.75 Å². The van der Waals surface area contributed by atoms with Crippen molar-refractivity contribution in [2.75, 3.05) is 18.2 Å². The van der Waals surface area contributed by atoms with Crippen LogP contribution in [0.5, 0.6) is 5.75 Å². The number of hydrogen-bond donors (Lipinski definition) is 3. The van der Waals surface area contributed by atoms with Crippen LogP contribution in [-0.4, -0.2) is 13.0 Å². The number of amides is 1. The van der Waals surface area contributed by atoms with E-state index in [2.05, 4.69) is 21.2 Å². The number of primary amides is 1. The van der Waals surface area contributed by atoms with Crippen LogP contribution in [0, 0.1) is 0 Å². The average Bonchev–Trinajstić information content (AvgIpc) is 2.40. The first-order valence-corrected chi connectivity index (χ1v) is 7.08. The van der Waals surface area contributed by atoms with Gasteiger partial charge in [0.05, 0.1) is 23.4 Å². The number of ether oxygens (including phenoxy) is 1. The van der Waals surface area contributed by atoms with Crippen molar-refractivity contribution in [2.24, 2.45) is 5.73 Å². The minimum atomic E-state index is -0.617. The van der Waals surface area contributed by atoms with Gasteiger partial charge in [-0.1, -0.05) is 27.5 Å². The number of methoxy groups -OCH3 is 1. The number of nitrogens with one attached hydrogen (secondary N) is 1. The smallest absolute Gasteiger partial charge is 0.250 e. The molecule has 0 fully saturated rings. The highest BCUT2D eigenvalue weighted by atomic mass is 79.9. The number of benzene rings is 2. The highest BCUT2D eigenvalue weighted by Gasteiger charge is 2.14. The van der Waals surface area contributed by atoms with E-state index in [4.69, 9.17) is 27.8 Å². The lowest BCUT2D eigenvalue weighted by Crippen LogP contribution is -2.14. The Hall–Kier alpha value is -1.92. The van der Waals surface area contributed by atoms with Gasteiger partial charge in [-0.25, -0.2) is 0 Å². The Bertz CT molecular complexity index is 707. The van der Waals surface area contributed by atoms with Gasteiger partial charge in [0, 0.05) is 21.9 Å². The topological polar surface area (TPSA) is 90.4 Å². The molecule has 0 radical (unpaired) electrons. The molecular formula is C14H13BrClN3O2. The Labute approximate surface area is 135 Å². The molecule has 5 N–H and O–H groups in total. The van der Waals surface area contributed by atoms with E-state index in [-0.39, 0.29) is 5.56 Å². The molecule has 2 rings (SSSR count). The predicted molar refractivity (Wildman–Crippen MR) is 88.4 cm³/mol. The second-order valence-electron chi connectivity index (χ2n) is 4.29. The lowest BCUT2D eigenvalue weighted by molar-refractivity contribution is 0.100. The van der Waals surface area contributed by atoms with E-state index in [1.807, 2.05) is 12.1 Å². The van der Waals surface area contributed by atoms with Crippen molar-refractivity contribution in [2.45, 2.75) is 0 Å². The van der Waals surface area contributed by atoms with Crippen molar-refractivity contribution in [1.29, 1.82) is 0 Å². The van der Waals surface area contributed by atoms with E-state index in [9.17, 15) is 4.79 Å². The van der Waals surface area contributed by atoms with Crippen molar-refractivity contribution >= 4 is 50.5 Å². The zero-order chi connectivity index (χ0) is 15.6. The van der Waals surface area contributed by atoms with Crippen LogP contribution in [0.25, 0.3) is 0 Å². The second-order valence-corrected chi connectivity index (χ2v) is 5.62. The minimum absolute atomic E-state index is 0.221. The van der Waals surface area contributed by atoms with Crippen LogP contribution in [0.2, 0.25) is 5.02 Å². The van der Waals surface area contributed by atoms with Crippen LogP contribution < -0.4 is 21.5 Å².